The van der Waals surface area contributed by atoms with E-state index in [1.165, 1.54) is 0 Å². The van der Waals surface area contributed by atoms with Crippen molar-refractivity contribution in [2.45, 2.75) is 6.29 Å². The zero-order valence-corrected chi connectivity index (χ0v) is 8.54. The van der Waals surface area contributed by atoms with Crippen LogP contribution in [-0.4, -0.2) is 19.2 Å². The fourth-order valence-corrected chi connectivity index (χ4v) is 1.36. The van der Waals surface area contributed by atoms with Crippen LogP contribution >= 0.6 is 15.9 Å². The second-order valence-corrected chi connectivity index (χ2v) is 2.94. The molecular weight excluding hydrogens is 222 g/mol. The van der Waals surface area contributed by atoms with Gasteiger partial charge >= 0.3 is 0 Å². The summed E-state index contributed by atoms with van der Waals surface area (Å²) in [5, 5.41) is 0. The predicted octanol–water partition coefficient (Wildman–Crippen LogP) is 2.14. The first-order valence-electron chi connectivity index (χ1n) is 3.45. The maximum Gasteiger partial charge on any atom is 0.185 e. The van der Waals surface area contributed by atoms with Crippen molar-refractivity contribution in [2.24, 2.45) is 0 Å². The highest BCUT2D eigenvalue weighted by atomic mass is 79.9. The highest BCUT2D eigenvalue weighted by Gasteiger charge is 2.11. The van der Waals surface area contributed by atoms with E-state index in [0.29, 0.717) is 0 Å². The summed E-state index contributed by atoms with van der Waals surface area (Å²) in [4.78, 5) is 4.05. The zero-order valence-electron chi connectivity index (χ0n) is 6.95. The van der Waals surface area contributed by atoms with E-state index in [4.69, 9.17) is 9.47 Å². The van der Waals surface area contributed by atoms with Gasteiger partial charge < -0.3 is 9.47 Å². The zero-order chi connectivity index (χ0) is 8.97. The molecule has 0 atom stereocenters. The molecule has 3 nitrogen and oxygen atoms in total. The van der Waals surface area contributed by atoms with Gasteiger partial charge in [0.1, 0.15) is 4.60 Å². The average Bonchev–Trinajstić information content (AvgIpc) is 2.10. The van der Waals surface area contributed by atoms with Crippen LogP contribution in [0, 0.1) is 0 Å². The smallest absolute Gasteiger partial charge is 0.185 e. The number of hydrogen-bond acceptors (Lipinski definition) is 3. The van der Waals surface area contributed by atoms with Gasteiger partial charge in [-0.15, -0.1) is 0 Å². The van der Waals surface area contributed by atoms with Crippen LogP contribution in [0.4, 0.5) is 0 Å². The Kier molecular flexibility index (Phi) is 3.65. The van der Waals surface area contributed by atoms with Crippen LogP contribution in [0.2, 0.25) is 0 Å². The number of methoxy groups -OCH3 is 2. The summed E-state index contributed by atoms with van der Waals surface area (Å²) in [6.45, 7) is 0. The first kappa shape index (κ1) is 9.64. The molecule has 0 bridgehead atoms. The standard InChI is InChI=1S/C8H10BrNO2/c1-11-8(12-2)6-4-3-5-10-7(6)9/h3-5,8H,1-2H3. The summed E-state index contributed by atoms with van der Waals surface area (Å²) in [6.07, 6.45) is 1.35. The molecule has 0 saturated heterocycles. The number of aromatic nitrogens is 1. The van der Waals surface area contributed by atoms with Crippen molar-refractivity contribution in [1.29, 1.82) is 0 Å². The Bertz CT molecular complexity index is 251. The number of nitrogens with zero attached hydrogens (tertiary/aromatic N) is 1. The Morgan fingerprint density at radius 1 is 1.42 bits per heavy atom. The second kappa shape index (κ2) is 4.54. The molecule has 66 valence electrons. The molecule has 0 aliphatic heterocycles. The minimum atomic E-state index is -0.354. The van der Waals surface area contributed by atoms with E-state index >= 15 is 0 Å². The van der Waals surface area contributed by atoms with Gasteiger partial charge in [-0.05, 0) is 28.1 Å². The molecule has 0 amide bonds. The minimum absolute atomic E-state index is 0.354. The van der Waals surface area contributed by atoms with Crippen LogP contribution in [-0.2, 0) is 9.47 Å². The molecule has 12 heavy (non-hydrogen) atoms. The van der Waals surface area contributed by atoms with E-state index in [1.54, 1.807) is 20.4 Å². The van der Waals surface area contributed by atoms with Gasteiger partial charge in [-0.2, -0.15) is 0 Å². The lowest BCUT2D eigenvalue weighted by Crippen LogP contribution is -2.04. The highest BCUT2D eigenvalue weighted by Crippen LogP contribution is 2.23. The Morgan fingerprint density at radius 2 is 2.08 bits per heavy atom. The predicted molar refractivity (Wildman–Crippen MR) is 48.7 cm³/mol. The summed E-state index contributed by atoms with van der Waals surface area (Å²) in [5.41, 5.74) is 0.891. The minimum Gasteiger partial charge on any atom is -0.352 e. The third-order valence-corrected chi connectivity index (χ3v) is 2.13. The van der Waals surface area contributed by atoms with E-state index in [1.807, 2.05) is 12.1 Å². The molecule has 4 heteroatoms. The van der Waals surface area contributed by atoms with Crippen LogP contribution in [0.3, 0.4) is 0 Å². The molecule has 0 aliphatic carbocycles. The number of pyridine rings is 1. The van der Waals surface area contributed by atoms with E-state index in [-0.39, 0.29) is 6.29 Å². The van der Waals surface area contributed by atoms with E-state index in [9.17, 15) is 0 Å². The fraction of sp³-hybridized carbons (Fsp3) is 0.375. The summed E-state index contributed by atoms with van der Waals surface area (Å²) in [7, 11) is 3.18. The second-order valence-electron chi connectivity index (χ2n) is 2.19. The van der Waals surface area contributed by atoms with Gasteiger partial charge in [-0.3, -0.25) is 0 Å². The molecule has 0 fully saturated rings. The highest BCUT2D eigenvalue weighted by molar-refractivity contribution is 9.10. The maximum atomic E-state index is 5.07. The fourth-order valence-electron chi connectivity index (χ4n) is 0.924. The molecule has 0 aromatic carbocycles. The van der Waals surface area contributed by atoms with E-state index in [0.717, 1.165) is 10.2 Å². The maximum absolute atomic E-state index is 5.07. The molecule has 0 saturated carbocycles. The van der Waals surface area contributed by atoms with Crippen LogP contribution < -0.4 is 0 Å². The van der Waals surface area contributed by atoms with Gasteiger partial charge in [-0.1, -0.05) is 0 Å². The lowest BCUT2D eigenvalue weighted by Gasteiger charge is -2.13. The summed E-state index contributed by atoms with van der Waals surface area (Å²) in [5.74, 6) is 0. The topological polar surface area (TPSA) is 31.4 Å². The van der Waals surface area contributed by atoms with Gasteiger partial charge in [0.2, 0.25) is 0 Å². The molecule has 1 heterocycles. The molecular formula is C8H10BrNO2. The molecule has 0 aliphatic rings. The summed E-state index contributed by atoms with van der Waals surface area (Å²) < 4.78 is 10.9. The van der Waals surface area contributed by atoms with Crippen molar-refractivity contribution in [3.8, 4) is 0 Å². The SMILES string of the molecule is COC(OC)c1cccnc1Br. The molecule has 0 radical (unpaired) electrons. The Hall–Kier alpha value is -0.450. The monoisotopic (exact) mass is 231 g/mol. The normalized spacial score (nSPS) is 10.7. The van der Waals surface area contributed by atoms with Crippen molar-refractivity contribution >= 4 is 15.9 Å². The van der Waals surface area contributed by atoms with Gasteiger partial charge in [0.05, 0.1) is 0 Å². The third-order valence-electron chi connectivity index (χ3n) is 1.47. The Balaban J connectivity index is 2.92. The molecule has 0 unspecified atom stereocenters. The van der Waals surface area contributed by atoms with Crippen molar-refractivity contribution < 1.29 is 9.47 Å². The van der Waals surface area contributed by atoms with Crippen LogP contribution in [0.25, 0.3) is 0 Å². The molecule has 1 aromatic rings. The van der Waals surface area contributed by atoms with Gasteiger partial charge in [0, 0.05) is 26.0 Å². The van der Waals surface area contributed by atoms with Crippen molar-refractivity contribution in [2.75, 3.05) is 14.2 Å². The van der Waals surface area contributed by atoms with Crippen molar-refractivity contribution in [3.05, 3.63) is 28.5 Å². The van der Waals surface area contributed by atoms with Crippen LogP contribution in [0.15, 0.2) is 22.9 Å². The molecule has 0 spiro atoms. The van der Waals surface area contributed by atoms with Crippen molar-refractivity contribution in [3.63, 3.8) is 0 Å². The number of rotatable bonds is 3. The Labute approximate surface area is 79.8 Å². The number of hydrogen-bond donors (Lipinski definition) is 0. The third kappa shape index (κ3) is 2.03. The number of halogens is 1. The number of ether oxygens (including phenoxy) is 2. The first-order valence-corrected chi connectivity index (χ1v) is 4.25. The average molecular weight is 232 g/mol. The molecule has 0 N–H and O–H groups in total. The Morgan fingerprint density at radius 3 is 2.58 bits per heavy atom. The lowest BCUT2D eigenvalue weighted by molar-refractivity contribution is -0.106. The largest absolute Gasteiger partial charge is 0.352 e. The van der Waals surface area contributed by atoms with Crippen molar-refractivity contribution in [1.82, 2.24) is 4.98 Å². The van der Waals surface area contributed by atoms with Gasteiger partial charge in [-0.25, -0.2) is 4.98 Å². The molecule has 1 aromatic heterocycles. The summed E-state index contributed by atoms with van der Waals surface area (Å²) >= 11 is 3.31. The first-order chi connectivity index (χ1) is 5.79. The lowest BCUT2D eigenvalue weighted by atomic mass is 10.3. The quantitative estimate of drug-likeness (QED) is 0.591. The van der Waals surface area contributed by atoms with Crippen LogP contribution in [0.5, 0.6) is 0 Å². The molecule has 1 rings (SSSR count). The van der Waals surface area contributed by atoms with E-state index < -0.39 is 0 Å². The van der Waals surface area contributed by atoms with Crippen LogP contribution in [0.1, 0.15) is 11.9 Å². The van der Waals surface area contributed by atoms with E-state index in [2.05, 4.69) is 20.9 Å². The van der Waals surface area contributed by atoms with Gasteiger partial charge in [0.25, 0.3) is 0 Å². The summed E-state index contributed by atoms with van der Waals surface area (Å²) in [6, 6.07) is 3.74. The van der Waals surface area contributed by atoms with Gasteiger partial charge in [0.15, 0.2) is 6.29 Å².